The van der Waals surface area contributed by atoms with Crippen LogP contribution in [0, 0.1) is 6.92 Å². The minimum absolute atomic E-state index is 0.784. The fourth-order valence-electron chi connectivity index (χ4n) is 1.17. The first-order valence-corrected chi connectivity index (χ1v) is 4.14. The van der Waals surface area contributed by atoms with E-state index in [2.05, 4.69) is 0 Å². The Balaban J connectivity index is 2.94. The lowest BCUT2D eigenvalue weighted by molar-refractivity contribution is -0.117. The maximum Gasteiger partial charge on any atom is 0.228 e. The largest absolute Gasteiger partial charge is 0.286 e. The number of aryl methyl sites for hydroxylation is 1. The van der Waals surface area contributed by atoms with Crippen molar-refractivity contribution in [2.45, 2.75) is 6.92 Å². The summed E-state index contributed by atoms with van der Waals surface area (Å²) >= 11 is 0. The third-order valence-corrected chi connectivity index (χ3v) is 2.09. The normalized spacial score (nSPS) is 9.46. The second-order valence-corrected chi connectivity index (χ2v) is 2.99. The Kier molecular flexibility index (Phi) is 2.90. The molecular weight excluding hydrogens is 164 g/mol. The number of benzene rings is 1. The third kappa shape index (κ3) is 1.99. The van der Waals surface area contributed by atoms with Gasteiger partial charge in [-0.2, -0.15) is 0 Å². The highest BCUT2D eigenvalue weighted by molar-refractivity contribution is 5.57. The van der Waals surface area contributed by atoms with Gasteiger partial charge in [0.25, 0.3) is 0 Å². The van der Waals surface area contributed by atoms with E-state index in [0.717, 1.165) is 17.7 Å². The number of rotatable bonds is 3. The van der Waals surface area contributed by atoms with Crippen molar-refractivity contribution >= 4 is 12.1 Å². The molecule has 0 saturated heterocycles. The highest BCUT2D eigenvalue weighted by Gasteiger charge is 2.06. The van der Waals surface area contributed by atoms with Gasteiger partial charge < -0.3 is 0 Å². The molecule has 0 N–H and O–H groups in total. The van der Waals surface area contributed by atoms with Crippen LogP contribution in [-0.4, -0.2) is 25.5 Å². The summed E-state index contributed by atoms with van der Waals surface area (Å²) in [6.45, 7) is 2.02. The van der Waals surface area contributed by atoms with Crippen molar-refractivity contribution in [2.24, 2.45) is 0 Å². The van der Waals surface area contributed by atoms with Gasteiger partial charge >= 0.3 is 0 Å². The molecule has 0 aliphatic heterocycles. The lowest BCUT2D eigenvalue weighted by atomic mass is 10.2. The average Bonchev–Trinajstić information content (AvgIpc) is 2.16. The van der Waals surface area contributed by atoms with Crippen LogP contribution in [0.3, 0.4) is 0 Å². The molecule has 70 valence electrons. The molecule has 1 rings (SSSR count). The summed E-state index contributed by atoms with van der Waals surface area (Å²) in [6, 6.07) is 7.94. The Morgan fingerprint density at radius 3 is 2.38 bits per heavy atom. The van der Waals surface area contributed by atoms with E-state index in [4.69, 9.17) is 0 Å². The number of amides is 1. The minimum Gasteiger partial charge on any atom is -0.286 e. The maximum absolute atomic E-state index is 10.5. The molecule has 0 atom stereocenters. The Morgan fingerprint density at radius 1 is 1.23 bits per heavy atom. The van der Waals surface area contributed by atoms with Gasteiger partial charge in [0, 0.05) is 14.1 Å². The zero-order valence-corrected chi connectivity index (χ0v) is 8.19. The number of hydrogen-bond donors (Lipinski definition) is 0. The van der Waals surface area contributed by atoms with E-state index in [1.165, 1.54) is 5.01 Å². The smallest absolute Gasteiger partial charge is 0.228 e. The first kappa shape index (κ1) is 9.58. The van der Waals surface area contributed by atoms with Crippen molar-refractivity contribution in [1.82, 2.24) is 5.01 Å². The first-order chi connectivity index (χ1) is 6.16. The monoisotopic (exact) mass is 178 g/mol. The lowest BCUT2D eigenvalue weighted by Crippen LogP contribution is -2.35. The summed E-state index contributed by atoms with van der Waals surface area (Å²) < 4.78 is 0. The van der Waals surface area contributed by atoms with Crippen LogP contribution in [0.1, 0.15) is 5.56 Å². The SMILES string of the molecule is Cc1ccccc1N(C)N(C)C=O. The van der Waals surface area contributed by atoms with Crippen molar-refractivity contribution < 1.29 is 4.79 Å². The van der Waals surface area contributed by atoms with E-state index in [0.29, 0.717) is 0 Å². The first-order valence-electron chi connectivity index (χ1n) is 4.14. The molecule has 0 unspecified atom stereocenters. The zero-order chi connectivity index (χ0) is 9.84. The summed E-state index contributed by atoms with van der Waals surface area (Å²) in [6.07, 6.45) is 0.784. The molecule has 0 radical (unpaired) electrons. The number of carbonyl (C=O) groups is 1. The van der Waals surface area contributed by atoms with Gasteiger partial charge in [0.15, 0.2) is 0 Å². The standard InChI is InChI=1S/C10H14N2O/c1-9-6-4-5-7-10(9)12(3)11(2)8-13/h4-8H,1-3H3. The van der Waals surface area contributed by atoms with Crippen LogP contribution < -0.4 is 5.01 Å². The summed E-state index contributed by atoms with van der Waals surface area (Å²) in [5.74, 6) is 0. The van der Waals surface area contributed by atoms with E-state index in [-0.39, 0.29) is 0 Å². The van der Waals surface area contributed by atoms with Gasteiger partial charge in [-0.3, -0.25) is 14.8 Å². The quantitative estimate of drug-likeness (QED) is 0.516. The summed E-state index contributed by atoms with van der Waals surface area (Å²) in [5.41, 5.74) is 2.19. The number of hydrazine groups is 1. The van der Waals surface area contributed by atoms with Crippen LogP contribution in [-0.2, 0) is 4.79 Å². The highest BCUT2D eigenvalue weighted by Crippen LogP contribution is 2.17. The van der Waals surface area contributed by atoms with Crippen LogP contribution >= 0.6 is 0 Å². The van der Waals surface area contributed by atoms with Crippen LogP contribution in [0.5, 0.6) is 0 Å². The maximum atomic E-state index is 10.5. The summed E-state index contributed by atoms with van der Waals surface area (Å²) in [4.78, 5) is 10.5. The van der Waals surface area contributed by atoms with Gasteiger partial charge in [0.1, 0.15) is 0 Å². The van der Waals surface area contributed by atoms with Gasteiger partial charge in [0.05, 0.1) is 5.69 Å². The molecule has 1 aromatic carbocycles. The molecular formula is C10H14N2O. The molecule has 0 fully saturated rings. The number of carbonyl (C=O) groups excluding carboxylic acids is 1. The molecule has 0 aromatic heterocycles. The number of hydrogen-bond acceptors (Lipinski definition) is 2. The second kappa shape index (κ2) is 3.94. The van der Waals surface area contributed by atoms with Crippen molar-refractivity contribution in [2.75, 3.05) is 19.1 Å². The number of anilines is 1. The average molecular weight is 178 g/mol. The molecule has 0 saturated carbocycles. The van der Waals surface area contributed by atoms with Gasteiger partial charge in [-0.1, -0.05) is 18.2 Å². The minimum atomic E-state index is 0.784. The Labute approximate surface area is 78.5 Å². The molecule has 0 bridgehead atoms. The number of nitrogens with zero attached hydrogens (tertiary/aromatic N) is 2. The predicted molar refractivity (Wildman–Crippen MR) is 53.4 cm³/mol. The van der Waals surface area contributed by atoms with Crippen LogP contribution in [0.25, 0.3) is 0 Å². The molecule has 13 heavy (non-hydrogen) atoms. The highest BCUT2D eigenvalue weighted by atomic mass is 16.1. The molecule has 0 aliphatic rings. The molecule has 1 amide bonds. The van der Waals surface area contributed by atoms with Gasteiger partial charge in [-0.15, -0.1) is 0 Å². The van der Waals surface area contributed by atoms with Crippen molar-refractivity contribution in [3.8, 4) is 0 Å². The van der Waals surface area contributed by atoms with Gasteiger partial charge in [0.2, 0.25) is 6.41 Å². The van der Waals surface area contributed by atoms with Gasteiger partial charge in [-0.25, -0.2) is 0 Å². The Morgan fingerprint density at radius 2 is 1.85 bits per heavy atom. The van der Waals surface area contributed by atoms with E-state index >= 15 is 0 Å². The van der Waals surface area contributed by atoms with Gasteiger partial charge in [-0.05, 0) is 18.6 Å². The number of para-hydroxylation sites is 1. The topological polar surface area (TPSA) is 23.6 Å². The zero-order valence-electron chi connectivity index (χ0n) is 8.19. The van der Waals surface area contributed by atoms with Crippen LogP contribution in [0.4, 0.5) is 5.69 Å². The second-order valence-electron chi connectivity index (χ2n) is 2.99. The molecule has 0 aliphatic carbocycles. The van der Waals surface area contributed by atoms with Crippen molar-refractivity contribution in [3.05, 3.63) is 29.8 Å². The van der Waals surface area contributed by atoms with E-state index in [1.807, 2.05) is 43.2 Å². The van der Waals surface area contributed by atoms with E-state index in [1.54, 1.807) is 7.05 Å². The van der Waals surface area contributed by atoms with E-state index < -0.39 is 0 Å². The molecule has 3 heteroatoms. The lowest BCUT2D eigenvalue weighted by Gasteiger charge is -2.27. The molecule has 0 spiro atoms. The van der Waals surface area contributed by atoms with E-state index in [9.17, 15) is 4.79 Å². The Bertz CT molecular complexity index is 299. The molecule has 1 aromatic rings. The van der Waals surface area contributed by atoms with Crippen LogP contribution in [0.2, 0.25) is 0 Å². The summed E-state index contributed by atoms with van der Waals surface area (Å²) in [7, 11) is 3.58. The van der Waals surface area contributed by atoms with Crippen molar-refractivity contribution in [1.29, 1.82) is 0 Å². The van der Waals surface area contributed by atoms with Crippen LogP contribution in [0.15, 0.2) is 24.3 Å². The fourth-order valence-corrected chi connectivity index (χ4v) is 1.17. The third-order valence-electron chi connectivity index (χ3n) is 2.09. The molecule has 3 nitrogen and oxygen atoms in total. The predicted octanol–water partition coefficient (Wildman–Crippen LogP) is 1.43. The fraction of sp³-hybridized carbons (Fsp3) is 0.300. The molecule has 0 heterocycles. The summed E-state index contributed by atoms with van der Waals surface area (Å²) in [5, 5.41) is 3.31. The Hall–Kier alpha value is -1.51. The van der Waals surface area contributed by atoms with Crippen molar-refractivity contribution in [3.63, 3.8) is 0 Å².